The predicted molar refractivity (Wildman–Crippen MR) is 101 cm³/mol. The minimum Gasteiger partial charge on any atom is -0.461 e. The van der Waals surface area contributed by atoms with Gasteiger partial charge in [0.1, 0.15) is 6.10 Å². The molecule has 0 radical (unpaired) electrons. The number of nitrogens with zero attached hydrogens (tertiary/aromatic N) is 1. The number of hydrogen-bond acceptors (Lipinski definition) is 5. The molecule has 0 amide bonds. The zero-order valence-electron chi connectivity index (χ0n) is 16.5. The van der Waals surface area contributed by atoms with E-state index in [0.29, 0.717) is 13.2 Å². The minimum atomic E-state index is -0.353. The lowest BCUT2D eigenvalue weighted by Crippen LogP contribution is -2.47. The third kappa shape index (κ3) is 2.99. The lowest BCUT2D eigenvalue weighted by molar-refractivity contribution is -0.186. The van der Waals surface area contributed by atoms with E-state index in [1.807, 2.05) is 0 Å². The molecule has 5 nitrogen and oxygen atoms in total. The summed E-state index contributed by atoms with van der Waals surface area (Å²) >= 11 is 0. The van der Waals surface area contributed by atoms with Gasteiger partial charge in [-0.15, -0.1) is 0 Å². The Morgan fingerprint density at radius 1 is 1.19 bits per heavy atom. The fourth-order valence-corrected chi connectivity index (χ4v) is 5.98. The van der Waals surface area contributed by atoms with Gasteiger partial charge in [-0.2, -0.15) is 0 Å². The molecule has 3 saturated heterocycles. The Balaban J connectivity index is 1.31. The molecule has 2 aliphatic carbocycles. The van der Waals surface area contributed by atoms with Crippen molar-refractivity contribution in [2.24, 2.45) is 17.3 Å². The van der Waals surface area contributed by atoms with E-state index < -0.39 is 0 Å². The number of allylic oxidation sites excluding steroid dienone is 3. The van der Waals surface area contributed by atoms with Crippen molar-refractivity contribution in [1.29, 1.82) is 0 Å². The number of hydrogen-bond donors (Lipinski definition) is 0. The summed E-state index contributed by atoms with van der Waals surface area (Å²) in [6.07, 6.45) is 9.86. The van der Waals surface area contributed by atoms with Crippen molar-refractivity contribution in [3.8, 4) is 0 Å². The normalized spacial score (nSPS) is 41.0. The first-order chi connectivity index (χ1) is 13.0. The van der Waals surface area contributed by atoms with Crippen LogP contribution < -0.4 is 0 Å². The summed E-state index contributed by atoms with van der Waals surface area (Å²) in [5, 5.41) is 0. The van der Waals surface area contributed by atoms with Gasteiger partial charge in [0.2, 0.25) is 0 Å². The highest BCUT2D eigenvalue weighted by Gasteiger charge is 2.51. The number of rotatable bonds is 2. The number of esters is 1. The summed E-state index contributed by atoms with van der Waals surface area (Å²) in [4.78, 5) is 15.1. The van der Waals surface area contributed by atoms with Crippen molar-refractivity contribution >= 4 is 5.97 Å². The number of likely N-dealkylation sites (tertiary alicyclic amines) is 1. The third-order valence-corrected chi connectivity index (χ3v) is 7.58. The Morgan fingerprint density at radius 2 is 1.93 bits per heavy atom. The van der Waals surface area contributed by atoms with Gasteiger partial charge in [0, 0.05) is 38.4 Å². The first-order valence-corrected chi connectivity index (χ1v) is 10.6. The van der Waals surface area contributed by atoms with E-state index in [4.69, 9.17) is 14.2 Å². The van der Waals surface area contributed by atoms with E-state index in [1.165, 1.54) is 11.1 Å². The first-order valence-electron chi connectivity index (χ1n) is 10.6. The van der Waals surface area contributed by atoms with Crippen LogP contribution in [0.15, 0.2) is 23.3 Å². The highest BCUT2D eigenvalue weighted by Crippen LogP contribution is 2.52. The number of carbonyl (C=O) groups is 1. The van der Waals surface area contributed by atoms with E-state index in [1.54, 1.807) is 0 Å². The highest BCUT2D eigenvalue weighted by atomic mass is 16.7. The molecule has 0 aromatic carbocycles. The summed E-state index contributed by atoms with van der Waals surface area (Å²) in [5.41, 5.74) is 3.03. The summed E-state index contributed by atoms with van der Waals surface area (Å²) < 4.78 is 17.5. The Hall–Kier alpha value is -1.17. The lowest BCUT2D eigenvalue weighted by atomic mass is 9.62. The Bertz CT molecular complexity index is 682. The molecule has 1 spiro atoms. The molecule has 5 rings (SSSR count). The molecule has 3 aliphatic heterocycles. The van der Waals surface area contributed by atoms with Gasteiger partial charge < -0.3 is 19.1 Å². The SMILES string of the molecule is CC1=CCCC2(C)CC3OC(=O)C(CN4CCC5(CC4)OCCO5)C3C=C12. The van der Waals surface area contributed by atoms with Crippen LogP contribution in [0, 0.1) is 17.3 Å². The van der Waals surface area contributed by atoms with Crippen molar-refractivity contribution in [2.75, 3.05) is 32.8 Å². The monoisotopic (exact) mass is 373 g/mol. The first kappa shape index (κ1) is 17.9. The fourth-order valence-electron chi connectivity index (χ4n) is 5.98. The molecule has 0 bridgehead atoms. The van der Waals surface area contributed by atoms with Crippen molar-refractivity contribution in [3.05, 3.63) is 23.3 Å². The quantitative estimate of drug-likeness (QED) is 0.696. The Kier molecular flexibility index (Phi) is 4.26. The van der Waals surface area contributed by atoms with Crippen LogP contribution in [-0.2, 0) is 19.0 Å². The molecule has 0 aromatic heterocycles. The van der Waals surface area contributed by atoms with Gasteiger partial charge in [-0.25, -0.2) is 0 Å². The van der Waals surface area contributed by atoms with Crippen molar-refractivity contribution in [2.45, 2.75) is 57.8 Å². The van der Waals surface area contributed by atoms with Crippen LogP contribution >= 0.6 is 0 Å². The van der Waals surface area contributed by atoms with Crippen LogP contribution in [0.4, 0.5) is 0 Å². The summed E-state index contributed by atoms with van der Waals surface area (Å²) in [7, 11) is 0. The average Bonchev–Trinajstić information content (AvgIpc) is 3.20. The van der Waals surface area contributed by atoms with E-state index in [0.717, 1.165) is 51.7 Å². The van der Waals surface area contributed by atoms with E-state index in [9.17, 15) is 4.79 Å². The molecular weight excluding hydrogens is 342 g/mol. The van der Waals surface area contributed by atoms with Crippen LogP contribution in [-0.4, -0.2) is 55.6 Å². The fraction of sp³-hybridized carbons (Fsp3) is 0.773. The zero-order valence-corrected chi connectivity index (χ0v) is 16.5. The zero-order chi connectivity index (χ0) is 18.6. The van der Waals surface area contributed by atoms with Gasteiger partial charge in [0.05, 0.1) is 19.1 Å². The lowest BCUT2D eigenvalue weighted by Gasteiger charge is -2.43. The second-order valence-corrected chi connectivity index (χ2v) is 9.34. The van der Waals surface area contributed by atoms with E-state index >= 15 is 0 Å². The van der Waals surface area contributed by atoms with Crippen molar-refractivity contribution in [3.63, 3.8) is 0 Å². The number of carbonyl (C=O) groups excluding carboxylic acids is 1. The summed E-state index contributed by atoms with van der Waals surface area (Å²) in [6.45, 7) is 8.62. The minimum absolute atomic E-state index is 0.000572. The van der Waals surface area contributed by atoms with E-state index in [-0.39, 0.29) is 35.1 Å². The molecule has 0 N–H and O–H groups in total. The largest absolute Gasteiger partial charge is 0.461 e. The van der Waals surface area contributed by atoms with Crippen molar-refractivity contribution < 1.29 is 19.0 Å². The maximum atomic E-state index is 12.7. The van der Waals surface area contributed by atoms with Crippen molar-refractivity contribution in [1.82, 2.24) is 4.90 Å². The molecule has 5 heteroatoms. The van der Waals surface area contributed by atoms with Crippen LogP contribution in [0.25, 0.3) is 0 Å². The van der Waals surface area contributed by atoms with Crippen LogP contribution in [0.2, 0.25) is 0 Å². The number of ether oxygens (including phenoxy) is 3. The molecule has 3 heterocycles. The highest BCUT2D eigenvalue weighted by molar-refractivity contribution is 5.76. The maximum absolute atomic E-state index is 12.7. The van der Waals surface area contributed by atoms with Gasteiger partial charge in [-0.1, -0.05) is 24.6 Å². The molecule has 27 heavy (non-hydrogen) atoms. The van der Waals surface area contributed by atoms with Crippen LogP contribution in [0.3, 0.4) is 0 Å². The van der Waals surface area contributed by atoms with Gasteiger partial charge >= 0.3 is 5.97 Å². The topological polar surface area (TPSA) is 48.0 Å². The molecule has 0 saturated carbocycles. The average molecular weight is 373 g/mol. The van der Waals surface area contributed by atoms with Gasteiger partial charge in [0.15, 0.2) is 5.79 Å². The molecule has 4 atom stereocenters. The van der Waals surface area contributed by atoms with Gasteiger partial charge in [-0.05, 0) is 37.2 Å². The summed E-state index contributed by atoms with van der Waals surface area (Å²) in [5.74, 6) is -0.175. The smallest absolute Gasteiger partial charge is 0.311 e. The standard InChI is InChI=1S/C22H31NO4/c1-15-4-3-5-21(2)13-19-16(12-18(15)21)17(20(24)27-19)14-23-8-6-22(7-9-23)25-10-11-26-22/h4,12,16-17,19H,3,5-11,13-14H2,1-2H3. The molecule has 5 aliphatic rings. The van der Waals surface area contributed by atoms with E-state index in [2.05, 4.69) is 30.9 Å². The Morgan fingerprint density at radius 3 is 2.67 bits per heavy atom. The molecule has 148 valence electrons. The second-order valence-electron chi connectivity index (χ2n) is 9.34. The molecule has 0 aromatic rings. The predicted octanol–water partition coefficient (Wildman–Crippen LogP) is 3.06. The molecular formula is C22H31NO4. The van der Waals surface area contributed by atoms with Gasteiger partial charge in [-0.3, -0.25) is 4.79 Å². The van der Waals surface area contributed by atoms with Gasteiger partial charge in [0.25, 0.3) is 0 Å². The molecule has 4 unspecified atom stereocenters. The third-order valence-electron chi connectivity index (χ3n) is 7.58. The number of piperidine rings is 1. The maximum Gasteiger partial charge on any atom is 0.311 e. The van der Waals surface area contributed by atoms with Crippen LogP contribution in [0.1, 0.15) is 46.0 Å². The molecule has 3 fully saturated rings. The van der Waals surface area contributed by atoms with Crippen LogP contribution in [0.5, 0.6) is 0 Å². The Labute approximate surface area is 161 Å². The number of fused-ring (bicyclic) bond motifs is 2. The summed E-state index contributed by atoms with van der Waals surface area (Å²) in [6, 6.07) is 0. The second kappa shape index (κ2) is 6.43.